The predicted octanol–water partition coefficient (Wildman–Crippen LogP) is 3.47. The van der Waals surface area contributed by atoms with Gasteiger partial charge in [-0.3, -0.25) is 15.5 Å². The molecule has 0 saturated carbocycles. The van der Waals surface area contributed by atoms with Crippen molar-refractivity contribution in [2.24, 2.45) is 5.10 Å². The lowest BCUT2D eigenvalue weighted by molar-refractivity contribution is -0.385. The van der Waals surface area contributed by atoms with Crippen LogP contribution in [0.4, 0.5) is 24.5 Å². The molecule has 0 fully saturated rings. The number of alkyl halides is 3. The second-order valence-corrected chi connectivity index (χ2v) is 4.60. The zero-order valence-electron chi connectivity index (χ0n) is 11.8. The number of rotatable bonds is 4. The van der Waals surface area contributed by atoms with Crippen molar-refractivity contribution in [2.45, 2.75) is 6.18 Å². The van der Waals surface area contributed by atoms with E-state index < -0.39 is 33.8 Å². The lowest BCUT2D eigenvalue weighted by Gasteiger charge is -2.07. The summed E-state index contributed by atoms with van der Waals surface area (Å²) in [7, 11) is 0. The molecule has 0 aromatic heterocycles. The molecule has 0 amide bonds. The zero-order valence-corrected chi connectivity index (χ0v) is 11.8. The summed E-state index contributed by atoms with van der Waals surface area (Å²) in [5.74, 6) is -1.15. The van der Waals surface area contributed by atoms with Crippen LogP contribution in [0.1, 0.15) is 11.1 Å². The molecule has 2 aromatic rings. The number of benzene rings is 2. The highest BCUT2D eigenvalue weighted by atomic mass is 19.4. The highest BCUT2D eigenvalue weighted by Gasteiger charge is 2.29. The summed E-state index contributed by atoms with van der Waals surface area (Å²) in [5, 5.41) is 33.3. The first-order chi connectivity index (χ1) is 11.2. The van der Waals surface area contributed by atoms with E-state index in [1.807, 2.05) is 0 Å². The smallest absolute Gasteiger partial charge is 0.416 e. The van der Waals surface area contributed by atoms with Gasteiger partial charge in [-0.2, -0.15) is 18.3 Å². The third-order valence-corrected chi connectivity index (χ3v) is 2.93. The largest absolute Gasteiger partial charge is 0.507 e. The van der Waals surface area contributed by atoms with Gasteiger partial charge in [0.15, 0.2) is 5.75 Å². The molecular weight excluding hydrogens is 331 g/mol. The van der Waals surface area contributed by atoms with Gasteiger partial charge in [0.2, 0.25) is 0 Å². The summed E-state index contributed by atoms with van der Waals surface area (Å²) in [5.41, 5.74) is 1.17. The minimum absolute atomic E-state index is 0.0566. The molecule has 0 heterocycles. The van der Waals surface area contributed by atoms with Crippen molar-refractivity contribution in [1.82, 2.24) is 0 Å². The lowest BCUT2D eigenvalue weighted by atomic mass is 10.2. The highest BCUT2D eigenvalue weighted by Crippen LogP contribution is 2.32. The van der Waals surface area contributed by atoms with Gasteiger partial charge < -0.3 is 10.2 Å². The molecule has 2 rings (SSSR count). The average Bonchev–Trinajstić information content (AvgIpc) is 2.48. The van der Waals surface area contributed by atoms with E-state index in [1.165, 1.54) is 0 Å². The highest BCUT2D eigenvalue weighted by molar-refractivity contribution is 5.86. The van der Waals surface area contributed by atoms with E-state index in [-0.39, 0.29) is 11.3 Å². The SMILES string of the molecule is O=[N+]([O-])c1cc(C=NNc2ccc(C(F)(F)F)cc2)c(O)cc1O. The van der Waals surface area contributed by atoms with Gasteiger partial charge in [0.05, 0.1) is 22.4 Å². The second-order valence-electron chi connectivity index (χ2n) is 4.60. The molecule has 0 atom stereocenters. The topological polar surface area (TPSA) is 108 Å². The Morgan fingerprint density at radius 2 is 1.75 bits per heavy atom. The number of phenolic OH excluding ortho intramolecular Hbond substituents is 2. The van der Waals surface area contributed by atoms with Gasteiger partial charge in [0, 0.05) is 17.7 Å². The number of nitrogens with zero attached hydrogens (tertiary/aromatic N) is 2. The van der Waals surface area contributed by atoms with Crippen LogP contribution in [-0.4, -0.2) is 21.4 Å². The summed E-state index contributed by atoms with van der Waals surface area (Å²) < 4.78 is 37.3. The molecule has 0 aliphatic carbocycles. The van der Waals surface area contributed by atoms with Crippen LogP contribution in [0.25, 0.3) is 0 Å². The molecule has 10 heteroatoms. The van der Waals surface area contributed by atoms with Gasteiger partial charge in [0.1, 0.15) is 5.75 Å². The third kappa shape index (κ3) is 3.91. The van der Waals surface area contributed by atoms with Crippen LogP contribution in [0.5, 0.6) is 11.5 Å². The first-order valence-electron chi connectivity index (χ1n) is 6.35. The van der Waals surface area contributed by atoms with Gasteiger partial charge in [-0.1, -0.05) is 0 Å². The van der Waals surface area contributed by atoms with E-state index in [0.29, 0.717) is 0 Å². The first kappa shape index (κ1) is 17.1. The van der Waals surface area contributed by atoms with E-state index in [0.717, 1.165) is 42.6 Å². The van der Waals surface area contributed by atoms with Crippen LogP contribution in [0.15, 0.2) is 41.5 Å². The van der Waals surface area contributed by atoms with Gasteiger partial charge in [-0.15, -0.1) is 0 Å². The molecule has 0 bridgehead atoms. The number of hydrogen-bond acceptors (Lipinski definition) is 6. The Morgan fingerprint density at radius 3 is 2.29 bits per heavy atom. The number of hydrazone groups is 1. The van der Waals surface area contributed by atoms with Crippen LogP contribution in [0, 0.1) is 10.1 Å². The van der Waals surface area contributed by atoms with Crippen molar-refractivity contribution in [3.8, 4) is 11.5 Å². The fourth-order valence-corrected chi connectivity index (χ4v) is 1.74. The Morgan fingerprint density at radius 1 is 1.12 bits per heavy atom. The van der Waals surface area contributed by atoms with E-state index >= 15 is 0 Å². The zero-order chi connectivity index (χ0) is 17.9. The van der Waals surface area contributed by atoms with E-state index in [1.54, 1.807) is 0 Å². The number of nitrogens with one attached hydrogen (secondary N) is 1. The fourth-order valence-electron chi connectivity index (χ4n) is 1.74. The number of anilines is 1. The maximum Gasteiger partial charge on any atom is 0.416 e. The van der Waals surface area contributed by atoms with Crippen molar-refractivity contribution < 1.29 is 28.3 Å². The number of phenols is 2. The normalized spacial score (nSPS) is 11.6. The average molecular weight is 341 g/mol. The second kappa shape index (κ2) is 6.44. The summed E-state index contributed by atoms with van der Waals surface area (Å²) in [6.07, 6.45) is -3.42. The molecule has 24 heavy (non-hydrogen) atoms. The fraction of sp³-hybridized carbons (Fsp3) is 0.0714. The van der Waals surface area contributed by atoms with E-state index in [9.17, 15) is 33.5 Å². The number of halogens is 3. The van der Waals surface area contributed by atoms with Crippen molar-refractivity contribution in [1.29, 1.82) is 0 Å². The summed E-state index contributed by atoms with van der Waals surface area (Å²) in [6.45, 7) is 0. The van der Waals surface area contributed by atoms with Crippen molar-refractivity contribution in [2.75, 3.05) is 5.43 Å². The molecule has 0 saturated heterocycles. The Bertz CT molecular complexity index is 789. The van der Waals surface area contributed by atoms with Gasteiger partial charge >= 0.3 is 11.9 Å². The molecule has 7 nitrogen and oxygen atoms in total. The summed E-state index contributed by atoms with van der Waals surface area (Å²) in [4.78, 5) is 9.87. The van der Waals surface area contributed by atoms with E-state index in [4.69, 9.17) is 0 Å². The van der Waals surface area contributed by atoms with Crippen molar-refractivity contribution >= 4 is 17.6 Å². The maximum atomic E-state index is 12.4. The number of hydrogen-bond donors (Lipinski definition) is 3. The minimum Gasteiger partial charge on any atom is -0.507 e. The number of nitro benzene ring substituents is 1. The van der Waals surface area contributed by atoms with Crippen LogP contribution in [-0.2, 0) is 6.18 Å². The third-order valence-electron chi connectivity index (χ3n) is 2.93. The van der Waals surface area contributed by atoms with Crippen LogP contribution in [0.2, 0.25) is 0 Å². The van der Waals surface area contributed by atoms with Crippen molar-refractivity contribution in [3.63, 3.8) is 0 Å². The monoisotopic (exact) mass is 341 g/mol. The lowest BCUT2D eigenvalue weighted by Crippen LogP contribution is -2.04. The molecule has 0 aliphatic heterocycles. The maximum absolute atomic E-state index is 12.4. The van der Waals surface area contributed by atoms with Crippen LogP contribution in [0.3, 0.4) is 0 Å². The van der Waals surface area contributed by atoms with Crippen LogP contribution < -0.4 is 5.43 Å². The van der Waals surface area contributed by atoms with E-state index in [2.05, 4.69) is 10.5 Å². The number of nitro groups is 1. The quantitative estimate of drug-likeness (QED) is 0.448. The molecule has 126 valence electrons. The molecule has 2 aromatic carbocycles. The van der Waals surface area contributed by atoms with Gasteiger partial charge in [-0.25, -0.2) is 0 Å². The molecule has 0 unspecified atom stereocenters. The van der Waals surface area contributed by atoms with Crippen LogP contribution >= 0.6 is 0 Å². The minimum atomic E-state index is -4.45. The van der Waals surface area contributed by atoms with Crippen molar-refractivity contribution in [3.05, 3.63) is 57.6 Å². The molecular formula is C14H10F3N3O4. The Hall–Kier alpha value is -3.30. The molecule has 0 spiro atoms. The molecule has 0 aliphatic rings. The predicted molar refractivity (Wildman–Crippen MR) is 79.1 cm³/mol. The Balaban J connectivity index is 2.15. The Kier molecular flexibility index (Phi) is 4.58. The Labute approximate surface area is 132 Å². The molecule has 0 radical (unpaired) electrons. The van der Waals surface area contributed by atoms with Gasteiger partial charge in [-0.05, 0) is 24.3 Å². The van der Waals surface area contributed by atoms with Gasteiger partial charge in [0.25, 0.3) is 0 Å². The summed E-state index contributed by atoms with van der Waals surface area (Å²) in [6, 6.07) is 5.72. The standard InChI is InChI=1S/C14H10F3N3O4/c15-14(16,17)9-1-3-10(4-2-9)19-18-7-8-5-11(20(23)24)13(22)6-12(8)21/h1-7,19,21-22H. The first-order valence-corrected chi connectivity index (χ1v) is 6.35. The molecule has 3 N–H and O–H groups in total. The summed E-state index contributed by atoms with van der Waals surface area (Å²) >= 11 is 0. The number of aromatic hydroxyl groups is 2.